The zero-order valence-corrected chi connectivity index (χ0v) is 29.0. The first-order valence-electron chi connectivity index (χ1n) is 16.3. The minimum Gasteiger partial charge on any atom is -0.464 e. The van der Waals surface area contributed by atoms with Crippen LogP contribution in [0.25, 0.3) is 37.7 Å². The molecular formula is C36H40ClN5O4S. The van der Waals surface area contributed by atoms with Crippen LogP contribution in [0.15, 0.2) is 48.8 Å². The molecule has 3 aromatic heterocycles. The summed E-state index contributed by atoms with van der Waals surface area (Å²) >= 11 is 7.88. The van der Waals surface area contributed by atoms with Gasteiger partial charge in [-0.15, -0.1) is 11.3 Å². The number of nitrogens with zero attached hydrogens (tertiary/aromatic N) is 5. The largest absolute Gasteiger partial charge is 0.464 e. The molecule has 11 heteroatoms. The average Bonchev–Trinajstić information content (AvgIpc) is 3.63. The fraction of sp³-hybridized carbons (Fsp3) is 0.444. The molecule has 0 amide bonds. The average molecular weight is 674 g/mol. The third-order valence-electron chi connectivity index (χ3n) is 9.02. The van der Waals surface area contributed by atoms with Crippen LogP contribution in [0.1, 0.15) is 69.2 Å². The van der Waals surface area contributed by atoms with E-state index >= 15 is 0 Å². The van der Waals surface area contributed by atoms with Gasteiger partial charge in [-0.25, -0.2) is 19.3 Å². The monoisotopic (exact) mass is 673 g/mol. The van der Waals surface area contributed by atoms with E-state index in [1.165, 1.54) is 5.56 Å². The molecular weight excluding hydrogens is 634 g/mol. The highest BCUT2D eigenvalue weighted by Gasteiger charge is 2.34. The van der Waals surface area contributed by atoms with Crippen LogP contribution in [0.3, 0.4) is 0 Å². The van der Waals surface area contributed by atoms with Gasteiger partial charge in [-0.2, -0.15) is 5.10 Å². The minimum absolute atomic E-state index is 0.254. The topological polar surface area (TPSA) is 91.1 Å². The van der Waals surface area contributed by atoms with Gasteiger partial charge in [0.05, 0.1) is 47.9 Å². The zero-order valence-electron chi connectivity index (χ0n) is 27.5. The van der Waals surface area contributed by atoms with E-state index in [0.29, 0.717) is 17.0 Å². The maximum Gasteiger partial charge on any atom is 0.339 e. The molecule has 2 aliphatic rings. The first-order valence-corrected chi connectivity index (χ1v) is 17.5. The summed E-state index contributed by atoms with van der Waals surface area (Å²) in [6.07, 6.45) is 5.18. The van der Waals surface area contributed by atoms with Crippen molar-refractivity contribution in [3.63, 3.8) is 0 Å². The van der Waals surface area contributed by atoms with Gasteiger partial charge in [0.25, 0.3) is 0 Å². The number of aryl methyl sites for hydroxylation is 1. The van der Waals surface area contributed by atoms with Crippen LogP contribution in [-0.2, 0) is 19.0 Å². The molecule has 2 aromatic carbocycles. The van der Waals surface area contributed by atoms with Crippen molar-refractivity contribution in [2.75, 3.05) is 32.9 Å². The number of hydrogen-bond donors (Lipinski definition) is 0. The lowest BCUT2D eigenvalue weighted by molar-refractivity contribution is -0.166. The number of esters is 1. The number of rotatable bonds is 8. The molecule has 9 nitrogen and oxygen atoms in total. The normalized spacial score (nSPS) is 17.3. The predicted molar refractivity (Wildman–Crippen MR) is 185 cm³/mol. The molecule has 0 unspecified atom stereocenters. The number of aromatic nitrogens is 4. The molecule has 246 valence electrons. The summed E-state index contributed by atoms with van der Waals surface area (Å²) in [6, 6.07) is 12.3. The van der Waals surface area contributed by atoms with Crippen molar-refractivity contribution >= 4 is 44.8 Å². The van der Waals surface area contributed by atoms with Gasteiger partial charge in [-0.05, 0) is 102 Å². The molecule has 2 fully saturated rings. The predicted octanol–water partition coefficient (Wildman–Crippen LogP) is 7.63. The maximum atomic E-state index is 13.5. The van der Waals surface area contributed by atoms with Crippen LogP contribution in [0, 0.1) is 6.92 Å². The molecule has 2 saturated heterocycles. The van der Waals surface area contributed by atoms with Gasteiger partial charge in [0.2, 0.25) is 0 Å². The van der Waals surface area contributed by atoms with Crippen molar-refractivity contribution in [3.8, 4) is 21.8 Å². The standard InChI is InChI=1S/C36H40ClN5O4S/c1-6-45-35(43)31(46-36(3,4)5)29-21(2)17-28-32(30(29)23-7-9-24(37)10-8-23)47-34(40-28)27-13-16-42-33(39-27)26(18-38-42)22-11-14-41(15-12-22)25-19-44-20-25/h7-10,13,16-18,22,25,31H,6,11-12,14-15,19-20H2,1-5H3/t31-/m0/s1. The van der Waals surface area contributed by atoms with Crippen LogP contribution in [0.2, 0.25) is 5.02 Å². The lowest BCUT2D eigenvalue weighted by Crippen LogP contribution is -2.51. The number of piperidine rings is 1. The highest BCUT2D eigenvalue weighted by Crippen LogP contribution is 2.44. The number of thiazole rings is 1. The Balaban J connectivity index is 1.32. The molecule has 5 aromatic rings. The van der Waals surface area contributed by atoms with E-state index in [0.717, 1.165) is 88.0 Å². The highest BCUT2D eigenvalue weighted by molar-refractivity contribution is 7.22. The number of carbonyl (C=O) groups is 1. The summed E-state index contributed by atoms with van der Waals surface area (Å²) in [5.74, 6) is -0.00994. The van der Waals surface area contributed by atoms with Gasteiger partial charge in [0, 0.05) is 27.9 Å². The van der Waals surface area contributed by atoms with E-state index in [1.807, 2.05) is 81.0 Å². The summed E-state index contributed by atoms with van der Waals surface area (Å²) in [6.45, 7) is 13.7. The molecule has 7 rings (SSSR count). The van der Waals surface area contributed by atoms with E-state index in [9.17, 15) is 4.79 Å². The number of ether oxygens (including phenoxy) is 3. The van der Waals surface area contributed by atoms with Crippen molar-refractivity contribution in [2.45, 2.75) is 71.1 Å². The molecule has 47 heavy (non-hydrogen) atoms. The summed E-state index contributed by atoms with van der Waals surface area (Å²) in [7, 11) is 0. The number of halogens is 1. The van der Waals surface area contributed by atoms with Gasteiger partial charge in [-0.1, -0.05) is 23.7 Å². The van der Waals surface area contributed by atoms with Crippen LogP contribution in [0.4, 0.5) is 0 Å². The third kappa shape index (κ3) is 6.41. The second-order valence-corrected chi connectivity index (χ2v) is 14.8. The van der Waals surface area contributed by atoms with Crippen molar-refractivity contribution in [2.24, 2.45) is 0 Å². The van der Waals surface area contributed by atoms with E-state index < -0.39 is 17.7 Å². The summed E-state index contributed by atoms with van der Waals surface area (Å²) < 4.78 is 20.2. The summed E-state index contributed by atoms with van der Waals surface area (Å²) in [4.78, 5) is 26.3. The van der Waals surface area contributed by atoms with Gasteiger partial charge < -0.3 is 14.2 Å². The lowest BCUT2D eigenvalue weighted by Gasteiger charge is -2.41. The quantitative estimate of drug-likeness (QED) is 0.155. The first kappa shape index (κ1) is 32.2. The molecule has 0 N–H and O–H groups in total. The second kappa shape index (κ2) is 12.9. The molecule has 5 heterocycles. The summed E-state index contributed by atoms with van der Waals surface area (Å²) in [5.41, 5.74) is 6.55. The molecule has 0 radical (unpaired) electrons. The first-order chi connectivity index (χ1) is 22.6. The van der Waals surface area contributed by atoms with E-state index in [-0.39, 0.29) is 6.61 Å². The molecule has 0 spiro atoms. The van der Waals surface area contributed by atoms with Crippen LogP contribution in [-0.4, -0.2) is 75.0 Å². The molecule has 1 atom stereocenters. The van der Waals surface area contributed by atoms with E-state index in [4.69, 9.17) is 35.8 Å². The van der Waals surface area contributed by atoms with Crippen LogP contribution in [0.5, 0.6) is 0 Å². The number of hydrogen-bond acceptors (Lipinski definition) is 9. The SMILES string of the molecule is CCOC(=O)[C@@H](OC(C)(C)C)c1c(C)cc2nc(-c3ccn4ncc(C5CCN(C6COC6)CC5)c4n3)sc2c1-c1ccc(Cl)cc1. The van der Waals surface area contributed by atoms with Gasteiger partial charge in [-0.3, -0.25) is 4.90 Å². The van der Waals surface area contributed by atoms with Crippen molar-refractivity contribution in [1.82, 2.24) is 24.5 Å². The molecule has 2 aliphatic heterocycles. The number of likely N-dealkylation sites (tertiary alicyclic amines) is 1. The number of fused-ring (bicyclic) bond motifs is 2. The molecule has 0 saturated carbocycles. The zero-order chi connectivity index (χ0) is 32.9. The molecule has 0 aliphatic carbocycles. The number of benzene rings is 2. The Hall–Kier alpha value is -3.41. The Bertz CT molecular complexity index is 1920. The van der Waals surface area contributed by atoms with Gasteiger partial charge >= 0.3 is 5.97 Å². The Labute approximate surface area is 283 Å². The van der Waals surface area contributed by atoms with Crippen molar-refractivity contribution in [3.05, 3.63) is 70.5 Å². The molecule has 0 bridgehead atoms. The van der Waals surface area contributed by atoms with Crippen LogP contribution < -0.4 is 0 Å². The van der Waals surface area contributed by atoms with Gasteiger partial charge in [0.15, 0.2) is 11.8 Å². The fourth-order valence-corrected chi connectivity index (χ4v) is 7.88. The van der Waals surface area contributed by atoms with Crippen molar-refractivity contribution in [1.29, 1.82) is 0 Å². The maximum absolute atomic E-state index is 13.5. The summed E-state index contributed by atoms with van der Waals surface area (Å²) in [5, 5.41) is 6.08. The Kier molecular flexibility index (Phi) is 8.82. The third-order valence-corrected chi connectivity index (χ3v) is 10.4. The Morgan fingerprint density at radius 1 is 1.13 bits per heavy atom. The van der Waals surface area contributed by atoms with Crippen molar-refractivity contribution < 1.29 is 19.0 Å². The van der Waals surface area contributed by atoms with Crippen LogP contribution >= 0.6 is 22.9 Å². The Morgan fingerprint density at radius 2 is 1.87 bits per heavy atom. The van der Waals surface area contributed by atoms with E-state index in [2.05, 4.69) is 10.00 Å². The lowest BCUT2D eigenvalue weighted by atomic mass is 9.90. The minimum atomic E-state index is -0.928. The highest BCUT2D eigenvalue weighted by atomic mass is 35.5. The fourth-order valence-electron chi connectivity index (χ4n) is 6.66. The van der Waals surface area contributed by atoms with E-state index in [1.54, 1.807) is 18.3 Å². The Morgan fingerprint density at radius 3 is 2.53 bits per heavy atom. The second-order valence-electron chi connectivity index (χ2n) is 13.4. The smallest absolute Gasteiger partial charge is 0.339 e. The van der Waals surface area contributed by atoms with Gasteiger partial charge in [0.1, 0.15) is 10.7 Å². The number of carbonyl (C=O) groups excluding carboxylic acids is 1.